The Hall–Kier alpha value is -2.08. The van der Waals surface area contributed by atoms with Gasteiger partial charge in [-0.25, -0.2) is 13.8 Å². The normalized spacial score (nSPS) is 11.2. The van der Waals surface area contributed by atoms with E-state index >= 15 is 0 Å². The van der Waals surface area contributed by atoms with E-state index in [0.29, 0.717) is 11.2 Å². The predicted molar refractivity (Wildman–Crippen MR) is 65.9 cm³/mol. The lowest BCUT2D eigenvalue weighted by atomic mass is 10.1. The summed E-state index contributed by atoms with van der Waals surface area (Å²) < 4.78 is 28.6. The van der Waals surface area contributed by atoms with Crippen molar-refractivity contribution in [2.45, 2.75) is 6.92 Å². The van der Waals surface area contributed by atoms with Crippen molar-refractivity contribution in [2.24, 2.45) is 0 Å². The van der Waals surface area contributed by atoms with E-state index < -0.39 is 11.6 Å². The highest BCUT2D eigenvalue weighted by Gasteiger charge is 2.16. The van der Waals surface area contributed by atoms with Crippen LogP contribution in [0.25, 0.3) is 17.0 Å². The first-order valence-corrected chi connectivity index (χ1v) is 5.77. The number of fused-ring (bicyclic) bond motifs is 1. The smallest absolute Gasteiger partial charge is 0.198 e. The Bertz CT molecular complexity index is 785. The zero-order valence-corrected chi connectivity index (χ0v) is 10.5. The molecule has 0 aliphatic rings. The molecular formula is C12H7ClF2N4. The van der Waals surface area contributed by atoms with Crippen LogP contribution in [0.3, 0.4) is 0 Å². The third-order valence-electron chi connectivity index (χ3n) is 2.77. The number of nitrogens with zero attached hydrogens (tertiary/aromatic N) is 4. The van der Waals surface area contributed by atoms with Crippen LogP contribution in [0.4, 0.5) is 8.78 Å². The molecule has 0 saturated heterocycles. The van der Waals surface area contributed by atoms with Gasteiger partial charge in [0.2, 0.25) is 0 Å². The molecule has 0 N–H and O–H groups in total. The van der Waals surface area contributed by atoms with Crippen LogP contribution in [0.1, 0.15) is 5.56 Å². The van der Waals surface area contributed by atoms with Crippen molar-refractivity contribution in [1.29, 1.82) is 0 Å². The van der Waals surface area contributed by atoms with Crippen LogP contribution >= 0.6 is 11.6 Å². The average molecular weight is 281 g/mol. The zero-order chi connectivity index (χ0) is 13.6. The molecule has 4 nitrogen and oxygen atoms in total. The quantitative estimate of drug-likeness (QED) is 0.688. The van der Waals surface area contributed by atoms with E-state index in [9.17, 15) is 8.78 Å². The van der Waals surface area contributed by atoms with Crippen LogP contribution in [0, 0.1) is 18.6 Å². The molecule has 0 atom stereocenters. The van der Waals surface area contributed by atoms with Crippen molar-refractivity contribution < 1.29 is 8.78 Å². The highest BCUT2D eigenvalue weighted by molar-refractivity contribution is 6.32. The summed E-state index contributed by atoms with van der Waals surface area (Å²) in [4.78, 5) is 3.86. The van der Waals surface area contributed by atoms with Gasteiger partial charge in [0.25, 0.3) is 0 Å². The number of aromatic nitrogens is 4. The van der Waals surface area contributed by atoms with Gasteiger partial charge in [0.15, 0.2) is 16.6 Å². The maximum Gasteiger partial charge on any atom is 0.198 e. The van der Waals surface area contributed by atoms with Crippen LogP contribution in [0.2, 0.25) is 5.15 Å². The first kappa shape index (κ1) is 12.0. The first-order valence-electron chi connectivity index (χ1n) is 5.39. The van der Waals surface area contributed by atoms with Gasteiger partial charge in [-0.05, 0) is 18.6 Å². The first-order chi connectivity index (χ1) is 9.08. The summed E-state index contributed by atoms with van der Waals surface area (Å²) in [6, 6.07) is 2.21. The summed E-state index contributed by atoms with van der Waals surface area (Å²) in [5.74, 6) is -1.06. The molecule has 0 aliphatic heterocycles. The van der Waals surface area contributed by atoms with Crippen molar-refractivity contribution in [3.63, 3.8) is 0 Å². The van der Waals surface area contributed by atoms with E-state index in [2.05, 4.69) is 15.2 Å². The Kier molecular flexibility index (Phi) is 2.67. The molecule has 0 unspecified atom stereocenters. The van der Waals surface area contributed by atoms with Crippen molar-refractivity contribution in [2.75, 3.05) is 0 Å². The molecule has 0 spiro atoms. The Morgan fingerprint density at radius 1 is 1.16 bits per heavy atom. The molecule has 0 amide bonds. The SMILES string of the molecule is Cc1cc(-c2nnc3c(Cl)nccn23)c(F)cc1F. The van der Waals surface area contributed by atoms with Gasteiger partial charge in [-0.15, -0.1) is 10.2 Å². The second-order valence-electron chi connectivity index (χ2n) is 4.02. The molecule has 96 valence electrons. The predicted octanol–water partition coefficient (Wildman–Crippen LogP) is 3.03. The fourth-order valence-electron chi connectivity index (χ4n) is 1.81. The molecule has 0 bridgehead atoms. The zero-order valence-electron chi connectivity index (χ0n) is 9.73. The number of aryl methyl sites for hydroxylation is 1. The van der Waals surface area contributed by atoms with Gasteiger partial charge in [-0.2, -0.15) is 0 Å². The second-order valence-corrected chi connectivity index (χ2v) is 4.37. The number of benzene rings is 1. The van der Waals surface area contributed by atoms with Crippen molar-refractivity contribution in [3.05, 3.63) is 46.9 Å². The third kappa shape index (κ3) is 1.84. The van der Waals surface area contributed by atoms with E-state index in [1.807, 2.05) is 0 Å². The monoisotopic (exact) mass is 280 g/mol. The summed E-state index contributed by atoms with van der Waals surface area (Å²) in [5, 5.41) is 7.90. The van der Waals surface area contributed by atoms with Crippen LogP contribution in [0.5, 0.6) is 0 Å². The minimum absolute atomic E-state index is 0.161. The fraction of sp³-hybridized carbons (Fsp3) is 0.0833. The minimum Gasteiger partial charge on any atom is -0.278 e. The van der Waals surface area contributed by atoms with Crippen LogP contribution < -0.4 is 0 Å². The summed E-state index contributed by atoms with van der Waals surface area (Å²) in [6.45, 7) is 1.55. The lowest BCUT2D eigenvalue weighted by molar-refractivity contribution is 0.579. The molecule has 0 fully saturated rings. The summed E-state index contributed by atoms with van der Waals surface area (Å²) in [5.41, 5.74) is 0.808. The molecule has 3 rings (SSSR count). The molecule has 2 aromatic heterocycles. The third-order valence-corrected chi connectivity index (χ3v) is 3.04. The van der Waals surface area contributed by atoms with E-state index in [-0.39, 0.29) is 16.5 Å². The maximum absolute atomic E-state index is 13.9. The van der Waals surface area contributed by atoms with E-state index in [1.165, 1.54) is 16.7 Å². The number of hydrogen-bond donors (Lipinski definition) is 0. The van der Waals surface area contributed by atoms with Crippen molar-refractivity contribution >= 4 is 17.2 Å². The van der Waals surface area contributed by atoms with Gasteiger partial charge in [0.1, 0.15) is 11.6 Å². The highest BCUT2D eigenvalue weighted by Crippen LogP contribution is 2.25. The molecule has 2 heterocycles. The van der Waals surface area contributed by atoms with Gasteiger partial charge in [-0.3, -0.25) is 4.40 Å². The number of hydrogen-bond acceptors (Lipinski definition) is 3. The van der Waals surface area contributed by atoms with Crippen LogP contribution in [-0.4, -0.2) is 19.6 Å². The average Bonchev–Trinajstić information content (AvgIpc) is 2.79. The Morgan fingerprint density at radius 3 is 2.74 bits per heavy atom. The largest absolute Gasteiger partial charge is 0.278 e. The van der Waals surface area contributed by atoms with Crippen LogP contribution in [0.15, 0.2) is 24.5 Å². The highest BCUT2D eigenvalue weighted by atomic mass is 35.5. The maximum atomic E-state index is 13.9. The van der Waals surface area contributed by atoms with Gasteiger partial charge < -0.3 is 0 Å². The summed E-state index contributed by atoms with van der Waals surface area (Å²) >= 11 is 5.87. The van der Waals surface area contributed by atoms with Crippen LogP contribution in [-0.2, 0) is 0 Å². The van der Waals surface area contributed by atoms with Gasteiger partial charge in [0, 0.05) is 18.5 Å². The molecule has 1 aromatic carbocycles. The Labute approximate surface area is 111 Å². The Balaban J connectivity index is 2.31. The number of rotatable bonds is 1. The molecular weight excluding hydrogens is 274 g/mol. The molecule has 3 aromatic rings. The fourth-order valence-corrected chi connectivity index (χ4v) is 1.99. The lowest BCUT2D eigenvalue weighted by Gasteiger charge is -2.04. The molecule has 7 heteroatoms. The van der Waals surface area contributed by atoms with E-state index in [4.69, 9.17) is 11.6 Å². The van der Waals surface area contributed by atoms with Gasteiger partial charge in [-0.1, -0.05) is 11.6 Å². The van der Waals surface area contributed by atoms with Crippen molar-refractivity contribution in [1.82, 2.24) is 19.6 Å². The lowest BCUT2D eigenvalue weighted by Crippen LogP contribution is -1.95. The minimum atomic E-state index is -0.703. The summed E-state index contributed by atoms with van der Waals surface area (Å²) in [6.07, 6.45) is 3.02. The van der Waals surface area contributed by atoms with Gasteiger partial charge >= 0.3 is 0 Å². The number of halogens is 3. The molecule has 19 heavy (non-hydrogen) atoms. The topological polar surface area (TPSA) is 43.1 Å². The molecule has 0 aliphatic carbocycles. The standard InChI is InChI=1S/C12H7ClF2N4/c1-6-4-7(9(15)5-8(6)14)11-17-18-12-10(13)16-2-3-19(11)12/h2-5H,1H3. The van der Waals surface area contributed by atoms with E-state index in [1.54, 1.807) is 13.1 Å². The van der Waals surface area contributed by atoms with Gasteiger partial charge in [0.05, 0.1) is 5.56 Å². The molecule has 0 saturated carbocycles. The summed E-state index contributed by atoms with van der Waals surface area (Å²) in [7, 11) is 0. The Morgan fingerprint density at radius 2 is 1.95 bits per heavy atom. The second kappa shape index (κ2) is 4.24. The molecule has 0 radical (unpaired) electrons. The van der Waals surface area contributed by atoms with E-state index in [0.717, 1.165) is 6.07 Å². The van der Waals surface area contributed by atoms with Crippen molar-refractivity contribution in [3.8, 4) is 11.4 Å².